The second kappa shape index (κ2) is 7.54. The predicted octanol–water partition coefficient (Wildman–Crippen LogP) is 1.10. The Balaban J connectivity index is 4.64. The second-order valence-corrected chi connectivity index (χ2v) is 4.45. The van der Waals surface area contributed by atoms with Crippen LogP contribution in [0.4, 0.5) is 0 Å². The van der Waals surface area contributed by atoms with Gasteiger partial charge in [0, 0.05) is 25.7 Å². The van der Waals surface area contributed by atoms with Gasteiger partial charge in [-0.1, -0.05) is 0 Å². The highest BCUT2D eigenvalue weighted by Gasteiger charge is 2.39. The van der Waals surface area contributed by atoms with E-state index in [0.29, 0.717) is 19.8 Å². The summed E-state index contributed by atoms with van der Waals surface area (Å²) in [6, 6.07) is 1.73. The number of hydrogen-bond donors (Lipinski definition) is 0. The molecule has 0 aromatic rings. The summed E-state index contributed by atoms with van der Waals surface area (Å²) in [6.07, 6.45) is 0. The molecule has 0 aliphatic carbocycles. The topological polar surface area (TPSA) is 51.5 Å². The number of nitrogens with zero attached hydrogens (tertiary/aromatic N) is 1. The van der Waals surface area contributed by atoms with Crippen LogP contribution in [0.25, 0.3) is 0 Å². The van der Waals surface area contributed by atoms with Gasteiger partial charge in [0.2, 0.25) is 0 Å². The van der Waals surface area contributed by atoms with Gasteiger partial charge in [-0.3, -0.25) is 0 Å². The molecule has 0 rings (SSSR count). The first-order valence-electron chi connectivity index (χ1n) is 4.57. The van der Waals surface area contributed by atoms with Gasteiger partial charge in [-0.25, -0.2) is 0 Å². The van der Waals surface area contributed by atoms with Gasteiger partial charge >= 0.3 is 8.80 Å². The molecule has 0 fully saturated rings. The molecule has 0 aliphatic heterocycles. The van der Waals surface area contributed by atoms with E-state index < -0.39 is 8.80 Å². The first kappa shape index (κ1) is 13.1. The lowest BCUT2D eigenvalue weighted by atomic mass is 10.8. The highest BCUT2D eigenvalue weighted by Crippen LogP contribution is 2.08. The zero-order valence-corrected chi connectivity index (χ0v) is 9.79. The van der Waals surface area contributed by atoms with E-state index in [1.165, 1.54) is 0 Å². The van der Waals surface area contributed by atoms with Gasteiger partial charge in [0.25, 0.3) is 0 Å². The molecule has 5 heteroatoms. The molecule has 0 heterocycles. The molecular formula is C9H15NO3Si. The zero-order chi connectivity index (χ0) is 10.9. The van der Waals surface area contributed by atoms with Crippen molar-refractivity contribution in [2.45, 2.75) is 20.8 Å². The highest BCUT2D eigenvalue weighted by molar-refractivity contribution is 6.69. The Morgan fingerprint density at radius 1 is 1.00 bits per heavy atom. The zero-order valence-electron chi connectivity index (χ0n) is 8.79. The summed E-state index contributed by atoms with van der Waals surface area (Å²) in [6.45, 7) is 6.92. The van der Waals surface area contributed by atoms with Crippen LogP contribution in [-0.2, 0) is 13.3 Å². The molecular weight excluding hydrogens is 198 g/mol. The van der Waals surface area contributed by atoms with E-state index in [9.17, 15) is 0 Å². The lowest BCUT2D eigenvalue weighted by molar-refractivity contribution is 0.0871. The smallest absolute Gasteiger partial charge is 0.364 e. The Bertz CT molecular complexity index is 234. The molecule has 0 N–H and O–H groups in total. The molecule has 0 spiro atoms. The van der Waals surface area contributed by atoms with Crippen molar-refractivity contribution in [1.29, 1.82) is 5.26 Å². The van der Waals surface area contributed by atoms with Crippen LogP contribution in [-0.4, -0.2) is 28.6 Å². The van der Waals surface area contributed by atoms with Crippen molar-refractivity contribution in [1.82, 2.24) is 0 Å². The van der Waals surface area contributed by atoms with E-state index in [4.69, 9.17) is 18.5 Å². The van der Waals surface area contributed by atoms with Crippen molar-refractivity contribution in [3.8, 4) is 17.5 Å². The van der Waals surface area contributed by atoms with Crippen LogP contribution < -0.4 is 0 Å². The first-order valence-corrected chi connectivity index (χ1v) is 6.30. The Kier molecular flexibility index (Phi) is 7.08. The average molecular weight is 213 g/mol. The van der Waals surface area contributed by atoms with Crippen molar-refractivity contribution >= 4 is 8.80 Å². The van der Waals surface area contributed by atoms with Crippen molar-refractivity contribution in [2.75, 3.05) is 19.8 Å². The van der Waals surface area contributed by atoms with Crippen LogP contribution >= 0.6 is 0 Å². The summed E-state index contributed by atoms with van der Waals surface area (Å²) in [5.41, 5.74) is 2.65. The van der Waals surface area contributed by atoms with Crippen molar-refractivity contribution in [2.24, 2.45) is 0 Å². The molecule has 0 saturated carbocycles. The molecule has 0 aromatic heterocycles. The number of hydrogen-bond acceptors (Lipinski definition) is 4. The van der Waals surface area contributed by atoms with Crippen molar-refractivity contribution in [3.63, 3.8) is 0 Å². The normalized spacial score (nSPS) is 10.1. The Morgan fingerprint density at radius 3 is 1.71 bits per heavy atom. The fourth-order valence-electron chi connectivity index (χ4n) is 0.908. The molecule has 4 nitrogen and oxygen atoms in total. The summed E-state index contributed by atoms with van der Waals surface area (Å²) in [5.74, 6) is 2.29. The van der Waals surface area contributed by atoms with Crippen LogP contribution in [0.5, 0.6) is 0 Å². The van der Waals surface area contributed by atoms with Crippen molar-refractivity contribution in [3.05, 3.63) is 0 Å². The fourth-order valence-corrected chi connectivity index (χ4v) is 2.72. The van der Waals surface area contributed by atoms with Crippen molar-refractivity contribution < 1.29 is 13.3 Å². The Labute approximate surface area is 86.1 Å². The van der Waals surface area contributed by atoms with Crippen LogP contribution in [0, 0.1) is 22.8 Å². The predicted molar refractivity (Wildman–Crippen MR) is 54.0 cm³/mol. The van der Waals surface area contributed by atoms with E-state index in [0.717, 1.165) is 0 Å². The van der Waals surface area contributed by atoms with E-state index in [1.807, 2.05) is 20.8 Å². The summed E-state index contributed by atoms with van der Waals surface area (Å²) >= 11 is 0. The summed E-state index contributed by atoms with van der Waals surface area (Å²) < 4.78 is 16.1. The molecule has 78 valence electrons. The number of rotatable bonds is 6. The van der Waals surface area contributed by atoms with Gasteiger partial charge in [0.05, 0.1) is 0 Å². The molecule has 0 unspecified atom stereocenters. The molecule has 0 saturated heterocycles. The first-order chi connectivity index (χ1) is 6.74. The standard InChI is InChI=1S/C9H15NO3Si/c1-4-11-14(12-5-2,13-6-3)9-7-8-10/h4-6H2,1-3H3. The minimum atomic E-state index is -2.90. The van der Waals surface area contributed by atoms with E-state index in [-0.39, 0.29) is 0 Å². The van der Waals surface area contributed by atoms with Gasteiger partial charge < -0.3 is 13.3 Å². The molecule has 0 bridgehead atoms. The third kappa shape index (κ3) is 4.40. The maximum Gasteiger partial charge on any atom is 0.592 e. The molecule has 0 amide bonds. The van der Waals surface area contributed by atoms with E-state index >= 15 is 0 Å². The second-order valence-electron chi connectivity index (χ2n) is 2.22. The summed E-state index contributed by atoms with van der Waals surface area (Å²) in [7, 11) is -2.90. The third-order valence-corrected chi connectivity index (χ3v) is 3.71. The lowest BCUT2D eigenvalue weighted by Gasteiger charge is -2.22. The van der Waals surface area contributed by atoms with Crippen LogP contribution in [0.15, 0.2) is 0 Å². The number of nitriles is 1. The fraction of sp³-hybridized carbons (Fsp3) is 0.667. The quantitative estimate of drug-likeness (QED) is 0.490. The highest BCUT2D eigenvalue weighted by atomic mass is 28.4. The Hall–Kier alpha value is -0.853. The summed E-state index contributed by atoms with van der Waals surface area (Å²) in [4.78, 5) is 0. The van der Waals surface area contributed by atoms with E-state index in [2.05, 4.69) is 11.5 Å². The minimum absolute atomic E-state index is 0.465. The van der Waals surface area contributed by atoms with Gasteiger partial charge in [-0.05, 0) is 26.3 Å². The third-order valence-electron chi connectivity index (χ3n) is 1.27. The summed E-state index contributed by atoms with van der Waals surface area (Å²) in [5, 5.41) is 8.37. The molecule has 0 radical (unpaired) electrons. The minimum Gasteiger partial charge on any atom is -0.364 e. The molecule has 0 aliphatic rings. The SMILES string of the molecule is CCO[Si](C#CC#N)(OCC)OCC. The van der Waals surface area contributed by atoms with E-state index in [1.54, 1.807) is 6.07 Å². The van der Waals surface area contributed by atoms with Gasteiger partial charge in [0.1, 0.15) is 0 Å². The van der Waals surface area contributed by atoms with Crippen LogP contribution in [0.3, 0.4) is 0 Å². The monoisotopic (exact) mass is 213 g/mol. The van der Waals surface area contributed by atoms with Gasteiger partial charge in [-0.2, -0.15) is 5.26 Å². The Morgan fingerprint density at radius 2 is 1.43 bits per heavy atom. The van der Waals surface area contributed by atoms with Crippen LogP contribution in [0.1, 0.15) is 20.8 Å². The lowest BCUT2D eigenvalue weighted by Crippen LogP contribution is -2.45. The maximum atomic E-state index is 8.37. The largest absolute Gasteiger partial charge is 0.592 e. The van der Waals surface area contributed by atoms with Crippen LogP contribution in [0.2, 0.25) is 0 Å². The molecule has 0 aromatic carbocycles. The van der Waals surface area contributed by atoms with Gasteiger partial charge in [-0.15, -0.1) is 0 Å². The molecule has 0 atom stereocenters. The van der Waals surface area contributed by atoms with Gasteiger partial charge in [0.15, 0.2) is 6.07 Å². The molecule has 14 heavy (non-hydrogen) atoms. The maximum absolute atomic E-state index is 8.37. The average Bonchev–Trinajstić information content (AvgIpc) is 2.16.